The molecule has 1 heterocycles. The van der Waals surface area contributed by atoms with Crippen LogP contribution >= 0.6 is 0 Å². The monoisotopic (exact) mass is 342 g/mol. The second-order valence-corrected chi connectivity index (χ2v) is 5.83. The van der Waals surface area contributed by atoms with E-state index in [9.17, 15) is 14.9 Å². The lowest BCUT2D eigenvalue weighted by atomic mass is 10.1. The van der Waals surface area contributed by atoms with Gasteiger partial charge >= 0.3 is 0 Å². The number of benzene rings is 2. The maximum Gasteiger partial charge on any atom is 0.273 e. The van der Waals surface area contributed by atoms with Crippen LogP contribution in [0.2, 0.25) is 0 Å². The normalized spacial score (nSPS) is 16.8. The molecule has 7 heteroatoms. The van der Waals surface area contributed by atoms with Crippen molar-refractivity contribution in [1.82, 2.24) is 5.32 Å². The van der Waals surface area contributed by atoms with Gasteiger partial charge in [0.25, 0.3) is 5.69 Å². The third-order valence-corrected chi connectivity index (χ3v) is 4.02. The van der Waals surface area contributed by atoms with Gasteiger partial charge in [0.1, 0.15) is 6.61 Å². The molecule has 0 unspecified atom stereocenters. The lowest BCUT2D eigenvalue weighted by Crippen LogP contribution is -2.48. The molecule has 1 aliphatic heterocycles. The highest BCUT2D eigenvalue weighted by Crippen LogP contribution is 2.31. The smallest absolute Gasteiger partial charge is 0.273 e. The Bertz CT molecular complexity index is 793. The SMILES string of the molecule is C[C@@H](NC(=O)Cc1ccccc1[N+](=O)[O-])[C@@H]1COc2ccccc2O1. The highest BCUT2D eigenvalue weighted by molar-refractivity contribution is 5.80. The molecule has 2 aromatic carbocycles. The van der Waals surface area contributed by atoms with Crippen LogP contribution in [0.1, 0.15) is 12.5 Å². The van der Waals surface area contributed by atoms with E-state index in [1.54, 1.807) is 18.2 Å². The lowest BCUT2D eigenvalue weighted by Gasteiger charge is -2.30. The molecule has 0 saturated heterocycles. The Labute approximate surface area is 144 Å². The molecule has 25 heavy (non-hydrogen) atoms. The Kier molecular flexibility index (Phi) is 4.83. The molecule has 0 aliphatic carbocycles. The number of rotatable bonds is 5. The summed E-state index contributed by atoms with van der Waals surface area (Å²) in [5, 5.41) is 13.9. The van der Waals surface area contributed by atoms with E-state index in [-0.39, 0.29) is 30.2 Å². The molecule has 0 saturated carbocycles. The van der Waals surface area contributed by atoms with E-state index in [1.807, 2.05) is 31.2 Å². The van der Waals surface area contributed by atoms with E-state index < -0.39 is 4.92 Å². The van der Waals surface area contributed by atoms with Crippen LogP contribution in [0.3, 0.4) is 0 Å². The Balaban J connectivity index is 1.61. The number of nitrogens with zero attached hydrogens (tertiary/aromatic N) is 1. The van der Waals surface area contributed by atoms with Crippen molar-refractivity contribution in [3.63, 3.8) is 0 Å². The minimum atomic E-state index is -0.485. The molecule has 0 bridgehead atoms. The van der Waals surface area contributed by atoms with Crippen LogP contribution in [-0.2, 0) is 11.2 Å². The Morgan fingerprint density at radius 3 is 2.68 bits per heavy atom. The van der Waals surface area contributed by atoms with Crippen molar-refractivity contribution in [3.8, 4) is 11.5 Å². The maximum atomic E-state index is 12.3. The van der Waals surface area contributed by atoms with Crippen LogP contribution in [0, 0.1) is 10.1 Å². The van der Waals surface area contributed by atoms with Crippen molar-refractivity contribution in [1.29, 1.82) is 0 Å². The Morgan fingerprint density at radius 2 is 1.92 bits per heavy atom. The molecule has 1 N–H and O–H groups in total. The number of hydrogen-bond donors (Lipinski definition) is 1. The molecule has 0 spiro atoms. The highest BCUT2D eigenvalue weighted by atomic mass is 16.6. The van der Waals surface area contributed by atoms with Gasteiger partial charge in [-0.05, 0) is 19.1 Å². The summed E-state index contributed by atoms with van der Waals surface area (Å²) < 4.78 is 11.5. The van der Waals surface area contributed by atoms with Gasteiger partial charge < -0.3 is 14.8 Å². The largest absolute Gasteiger partial charge is 0.486 e. The van der Waals surface area contributed by atoms with Crippen molar-refractivity contribution in [2.24, 2.45) is 0 Å². The molecular formula is C18H18N2O5. The number of nitro benzene ring substituents is 1. The number of fused-ring (bicyclic) bond motifs is 1. The summed E-state index contributed by atoms with van der Waals surface area (Å²) in [6, 6.07) is 13.3. The number of carbonyl (C=O) groups is 1. The van der Waals surface area contributed by atoms with Gasteiger partial charge in [0, 0.05) is 11.6 Å². The van der Waals surface area contributed by atoms with Gasteiger partial charge in [-0.3, -0.25) is 14.9 Å². The van der Waals surface area contributed by atoms with Gasteiger partial charge in [0.05, 0.1) is 17.4 Å². The highest BCUT2D eigenvalue weighted by Gasteiger charge is 2.27. The van der Waals surface area contributed by atoms with Crippen molar-refractivity contribution < 1.29 is 19.2 Å². The summed E-state index contributed by atoms with van der Waals surface area (Å²) in [5.41, 5.74) is 0.319. The topological polar surface area (TPSA) is 90.7 Å². The molecule has 130 valence electrons. The third-order valence-electron chi connectivity index (χ3n) is 4.02. The Morgan fingerprint density at radius 1 is 1.24 bits per heavy atom. The number of ether oxygens (including phenoxy) is 2. The standard InChI is InChI=1S/C18H18N2O5/c1-12(17-11-24-15-8-4-5-9-16(15)25-17)19-18(21)10-13-6-2-3-7-14(13)20(22)23/h2-9,12,17H,10-11H2,1H3,(H,19,21)/t12-,17+/m1/s1. The average Bonchev–Trinajstić information content (AvgIpc) is 2.61. The van der Waals surface area contributed by atoms with Crippen LogP contribution in [-0.4, -0.2) is 29.6 Å². The number of carbonyl (C=O) groups excluding carboxylic acids is 1. The fourth-order valence-corrected chi connectivity index (χ4v) is 2.69. The van der Waals surface area contributed by atoms with E-state index in [1.165, 1.54) is 6.07 Å². The first-order valence-electron chi connectivity index (χ1n) is 7.94. The first-order chi connectivity index (χ1) is 12.0. The van der Waals surface area contributed by atoms with Crippen molar-refractivity contribution in [3.05, 3.63) is 64.2 Å². The average molecular weight is 342 g/mol. The fraction of sp³-hybridized carbons (Fsp3) is 0.278. The summed E-state index contributed by atoms with van der Waals surface area (Å²) in [6.45, 7) is 2.14. The summed E-state index contributed by atoms with van der Waals surface area (Å²) in [7, 11) is 0. The molecule has 0 radical (unpaired) electrons. The summed E-state index contributed by atoms with van der Waals surface area (Å²) in [6.07, 6.45) is -0.393. The lowest BCUT2D eigenvalue weighted by molar-refractivity contribution is -0.385. The predicted octanol–water partition coefficient (Wildman–Crippen LogP) is 2.48. The minimum absolute atomic E-state index is 0.0588. The van der Waals surface area contributed by atoms with Crippen LogP contribution < -0.4 is 14.8 Å². The zero-order valence-corrected chi connectivity index (χ0v) is 13.7. The second kappa shape index (κ2) is 7.21. The van der Waals surface area contributed by atoms with E-state index in [0.29, 0.717) is 23.7 Å². The quantitative estimate of drug-likeness (QED) is 0.666. The number of nitro groups is 1. The van der Waals surface area contributed by atoms with Crippen LogP contribution in [0.25, 0.3) is 0 Å². The minimum Gasteiger partial charge on any atom is -0.486 e. The molecule has 3 rings (SSSR count). The zero-order chi connectivity index (χ0) is 17.8. The van der Waals surface area contributed by atoms with Gasteiger partial charge in [-0.25, -0.2) is 0 Å². The van der Waals surface area contributed by atoms with Gasteiger partial charge in [0.2, 0.25) is 5.91 Å². The number of nitrogens with one attached hydrogen (secondary N) is 1. The van der Waals surface area contributed by atoms with Gasteiger partial charge in [0.15, 0.2) is 17.6 Å². The predicted molar refractivity (Wildman–Crippen MR) is 90.8 cm³/mol. The molecular weight excluding hydrogens is 324 g/mol. The Hall–Kier alpha value is -3.09. The molecule has 1 aliphatic rings. The first-order valence-corrected chi connectivity index (χ1v) is 7.94. The van der Waals surface area contributed by atoms with E-state index in [4.69, 9.17) is 9.47 Å². The number of hydrogen-bond acceptors (Lipinski definition) is 5. The van der Waals surface area contributed by atoms with Crippen LogP contribution in [0.15, 0.2) is 48.5 Å². The first kappa shape index (κ1) is 16.8. The summed E-state index contributed by atoms with van der Waals surface area (Å²) in [4.78, 5) is 22.8. The van der Waals surface area contributed by atoms with E-state index in [0.717, 1.165) is 0 Å². The summed E-state index contributed by atoms with van der Waals surface area (Å²) >= 11 is 0. The van der Waals surface area contributed by atoms with Crippen molar-refractivity contribution >= 4 is 11.6 Å². The number of para-hydroxylation sites is 3. The zero-order valence-electron chi connectivity index (χ0n) is 13.7. The van der Waals surface area contributed by atoms with E-state index in [2.05, 4.69) is 5.32 Å². The maximum absolute atomic E-state index is 12.3. The van der Waals surface area contributed by atoms with Gasteiger partial charge in [-0.15, -0.1) is 0 Å². The second-order valence-electron chi connectivity index (χ2n) is 5.83. The van der Waals surface area contributed by atoms with Gasteiger partial charge in [-0.2, -0.15) is 0 Å². The van der Waals surface area contributed by atoms with Crippen molar-refractivity contribution in [2.75, 3.05) is 6.61 Å². The third kappa shape index (κ3) is 3.88. The molecule has 0 aromatic heterocycles. The molecule has 0 fully saturated rings. The molecule has 1 amide bonds. The van der Waals surface area contributed by atoms with Crippen molar-refractivity contribution in [2.45, 2.75) is 25.5 Å². The molecule has 2 aromatic rings. The molecule has 2 atom stereocenters. The summed E-state index contributed by atoms with van der Waals surface area (Å²) in [5.74, 6) is 1.01. The van der Waals surface area contributed by atoms with Gasteiger partial charge in [-0.1, -0.05) is 30.3 Å². The molecule has 7 nitrogen and oxygen atoms in total. The number of amides is 1. The van der Waals surface area contributed by atoms with Crippen LogP contribution in [0.4, 0.5) is 5.69 Å². The van der Waals surface area contributed by atoms with Crippen LogP contribution in [0.5, 0.6) is 11.5 Å². The van der Waals surface area contributed by atoms with E-state index >= 15 is 0 Å². The fourth-order valence-electron chi connectivity index (χ4n) is 2.69.